The lowest BCUT2D eigenvalue weighted by Gasteiger charge is -2.37. The van der Waals surface area contributed by atoms with Gasteiger partial charge < -0.3 is 20.0 Å². The van der Waals surface area contributed by atoms with Gasteiger partial charge in [0.1, 0.15) is 5.82 Å². The van der Waals surface area contributed by atoms with Gasteiger partial charge in [-0.1, -0.05) is 0 Å². The molecule has 27 heavy (non-hydrogen) atoms. The summed E-state index contributed by atoms with van der Waals surface area (Å²) in [5.41, 5.74) is 0.0354. The maximum absolute atomic E-state index is 11.5. The molecule has 0 aliphatic carbocycles. The SMILES string of the molecule is O=[N+]([O-])c1ccc(N2CCN(CCO)CC2)nc1N1CCN(CCO)CC1. The predicted octanol–water partition coefficient (Wildman–Crippen LogP) is -0.782. The van der Waals surface area contributed by atoms with Gasteiger partial charge in [-0.05, 0) is 6.07 Å². The maximum atomic E-state index is 11.5. The average molecular weight is 380 g/mol. The van der Waals surface area contributed by atoms with Crippen molar-refractivity contribution in [2.24, 2.45) is 0 Å². The molecule has 3 rings (SSSR count). The molecule has 0 radical (unpaired) electrons. The number of hydrogen-bond donors (Lipinski definition) is 2. The van der Waals surface area contributed by atoms with Crippen molar-refractivity contribution in [1.82, 2.24) is 14.8 Å². The molecule has 2 aliphatic heterocycles. The summed E-state index contributed by atoms with van der Waals surface area (Å²) in [6.07, 6.45) is 0. The van der Waals surface area contributed by atoms with Gasteiger partial charge in [-0.25, -0.2) is 4.98 Å². The Bertz CT molecular complexity index is 630. The van der Waals surface area contributed by atoms with Crippen LogP contribution in [0.1, 0.15) is 0 Å². The molecule has 0 amide bonds. The molecular weight excluding hydrogens is 352 g/mol. The van der Waals surface area contributed by atoms with Crippen LogP contribution in [-0.4, -0.2) is 109 Å². The summed E-state index contributed by atoms with van der Waals surface area (Å²) in [7, 11) is 0. The van der Waals surface area contributed by atoms with Crippen molar-refractivity contribution in [3.8, 4) is 0 Å². The van der Waals surface area contributed by atoms with Gasteiger partial charge in [0.25, 0.3) is 0 Å². The van der Waals surface area contributed by atoms with Gasteiger partial charge in [0, 0.05) is 71.5 Å². The number of β-amino-alcohol motifs (C(OH)–C–C–N with tert-alkyl or cyclic N) is 2. The Morgan fingerprint density at radius 3 is 1.89 bits per heavy atom. The van der Waals surface area contributed by atoms with Crippen molar-refractivity contribution in [3.63, 3.8) is 0 Å². The van der Waals surface area contributed by atoms with E-state index in [1.54, 1.807) is 12.1 Å². The highest BCUT2D eigenvalue weighted by Gasteiger charge is 2.27. The third kappa shape index (κ3) is 4.83. The Balaban J connectivity index is 1.73. The molecule has 0 spiro atoms. The van der Waals surface area contributed by atoms with Crippen LogP contribution in [-0.2, 0) is 0 Å². The fourth-order valence-corrected chi connectivity index (χ4v) is 3.65. The number of nitrogens with zero attached hydrogens (tertiary/aromatic N) is 6. The second-order valence-electron chi connectivity index (χ2n) is 6.87. The minimum atomic E-state index is -0.370. The molecule has 2 fully saturated rings. The van der Waals surface area contributed by atoms with Gasteiger partial charge in [-0.3, -0.25) is 19.9 Å². The Morgan fingerprint density at radius 2 is 1.41 bits per heavy atom. The normalized spacial score (nSPS) is 19.5. The summed E-state index contributed by atoms with van der Waals surface area (Å²) >= 11 is 0. The number of piperazine rings is 2. The van der Waals surface area contributed by atoms with Crippen LogP contribution in [0.4, 0.5) is 17.3 Å². The van der Waals surface area contributed by atoms with E-state index < -0.39 is 0 Å². The Labute approximate surface area is 158 Å². The molecule has 0 unspecified atom stereocenters. The summed E-state index contributed by atoms with van der Waals surface area (Å²) < 4.78 is 0. The summed E-state index contributed by atoms with van der Waals surface area (Å²) in [6, 6.07) is 3.28. The van der Waals surface area contributed by atoms with Gasteiger partial charge in [0.2, 0.25) is 5.82 Å². The first-order chi connectivity index (χ1) is 13.1. The molecule has 2 N–H and O–H groups in total. The molecule has 0 bridgehead atoms. The highest BCUT2D eigenvalue weighted by Crippen LogP contribution is 2.30. The second kappa shape index (κ2) is 9.27. The molecule has 10 nitrogen and oxygen atoms in total. The molecule has 0 saturated carbocycles. The third-order valence-electron chi connectivity index (χ3n) is 5.24. The van der Waals surface area contributed by atoms with E-state index in [2.05, 4.69) is 19.7 Å². The zero-order chi connectivity index (χ0) is 19.2. The van der Waals surface area contributed by atoms with Crippen LogP contribution >= 0.6 is 0 Å². The first kappa shape index (κ1) is 19.7. The van der Waals surface area contributed by atoms with Crippen LogP contribution < -0.4 is 9.80 Å². The fraction of sp³-hybridized carbons (Fsp3) is 0.706. The van der Waals surface area contributed by atoms with E-state index in [0.29, 0.717) is 32.0 Å². The molecule has 3 heterocycles. The maximum Gasteiger partial charge on any atom is 0.311 e. The first-order valence-electron chi connectivity index (χ1n) is 9.44. The fourth-order valence-electron chi connectivity index (χ4n) is 3.65. The molecule has 1 aromatic heterocycles. The highest BCUT2D eigenvalue weighted by atomic mass is 16.6. The number of pyridine rings is 1. The Hall–Kier alpha value is -2.01. The number of hydrogen-bond acceptors (Lipinski definition) is 9. The van der Waals surface area contributed by atoms with Gasteiger partial charge in [0.05, 0.1) is 18.1 Å². The van der Waals surface area contributed by atoms with Crippen molar-refractivity contribution in [1.29, 1.82) is 0 Å². The van der Waals surface area contributed by atoms with Gasteiger partial charge in [-0.2, -0.15) is 0 Å². The van der Waals surface area contributed by atoms with Crippen LogP contribution in [0.3, 0.4) is 0 Å². The standard InChI is InChI=1S/C17H28N6O4/c24-13-11-19-3-7-21(8-4-19)16-2-1-15(23(26)27)17(18-16)22-9-5-20(6-10-22)12-14-25/h1-2,24-25H,3-14H2. The highest BCUT2D eigenvalue weighted by molar-refractivity contribution is 5.62. The minimum absolute atomic E-state index is 0.0354. The number of rotatable bonds is 7. The second-order valence-corrected chi connectivity index (χ2v) is 6.87. The number of aromatic nitrogens is 1. The van der Waals surface area contributed by atoms with Crippen LogP contribution in [0.5, 0.6) is 0 Å². The lowest BCUT2D eigenvalue weighted by Crippen LogP contribution is -2.48. The molecule has 1 aromatic rings. The van der Waals surface area contributed by atoms with Crippen molar-refractivity contribution in [2.75, 3.05) is 88.5 Å². The molecular formula is C17H28N6O4. The Morgan fingerprint density at radius 1 is 0.889 bits per heavy atom. The van der Waals surface area contributed by atoms with Crippen LogP contribution in [0, 0.1) is 10.1 Å². The zero-order valence-electron chi connectivity index (χ0n) is 15.5. The van der Waals surface area contributed by atoms with E-state index in [9.17, 15) is 10.1 Å². The first-order valence-corrected chi connectivity index (χ1v) is 9.44. The summed E-state index contributed by atoms with van der Waals surface area (Å²) in [5, 5.41) is 29.6. The average Bonchev–Trinajstić information content (AvgIpc) is 2.69. The van der Waals surface area contributed by atoms with Gasteiger partial charge in [-0.15, -0.1) is 0 Å². The lowest BCUT2D eigenvalue weighted by atomic mass is 10.2. The third-order valence-corrected chi connectivity index (χ3v) is 5.24. The van der Waals surface area contributed by atoms with Crippen molar-refractivity contribution in [3.05, 3.63) is 22.2 Å². The number of aliphatic hydroxyl groups excluding tert-OH is 2. The molecule has 2 aliphatic rings. The van der Waals surface area contributed by atoms with E-state index in [0.717, 1.165) is 45.1 Å². The number of aliphatic hydroxyl groups is 2. The predicted molar refractivity (Wildman–Crippen MR) is 102 cm³/mol. The Kier molecular flexibility index (Phi) is 6.78. The largest absolute Gasteiger partial charge is 0.395 e. The van der Waals surface area contributed by atoms with E-state index >= 15 is 0 Å². The minimum Gasteiger partial charge on any atom is -0.395 e. The smallest absolute Gasteiger partial charge is 0.311 e. The van der Waals surface area contributed by atoms with E-state index in [4.69, 9.17) is 10.2 Å². The van der Waals surface area contributed by atoms with Crippen molar-refractivity contribution >= 4 is 17.3 Å². The number of anilines is 2. The molecule has 150 valence electrons. The van der Waals surface area contributed by atoms with E-state index in [1.807, 2.05) is 4.90 Å². The molecule has 10 heteroatoms. The molecule has 0 atom stereocenters. The topological polar surface area (TPSA) is 109 Å². The molecule has 2 saturated heterocycles. The van der Waals surface area contributed by atoms with Crippen LogP contribution in [0.15, 0.2) is 12.1 Å². The van der Waals surface area contributed by atoms with E-state index in [1.165, 1.54) is 0 Å². The lowest BCUT2D eigenvalue weighted by molar-refractivity contribution is -0.384. The van der Waals surface area contributed by atoms with E-state index in [-0.39, 0.29) is 23.8 Å². The van der Waals surface area contributed by atoms with Crippen LogP contribution in [0.25, 0.3) is 0 Å². The van der Waals surface area contributed by atoms with Gasteiger partial charge in [0.15, 0.2) is 0 Å². The number of nitro groups is 1. The molecule has 0 aromatic carbocycles. The summed E-state index contributed by atoms with van der Waals surface area (Å²) in [5.74, 6) is 1.19. The van der Waals surface area contributed by atoms with Gasteiger partial charge >= 0.3 is 5.69 Å². The van der Waals surface area contributed by atoms with Crippen molar-refractivity contribution in [2.45, 2.75) is 0 Å². The monoisotopic (exact) mass is 380 g/mol. The summed E-state index contributed by atoms with van der Waals surface area (Å²) in [4.78, 5) is 24.2. The zero-order valence-corrected chi connectivity index (χ0v) is 15.5. The van der Waals surface area contributed by atoms with Crippen LogP contribution in [0.2, 0.25) is 0 Å². The quantitative estimate of drug-likeness (QED) is 0.465. The van der Waals surface area contributed by atoms with Crippen molar-refractivity contribution < 1.29 is 15.1 Å². The summed E-state index contributed by atoms with van der Waals surface area (Å²) in [6.45, 7) is 7.65.